The van der Waals surface area contributed by atoms with Crippen molar-refractivity contribution in [3.05, 3.63) is 72.3 Å². The minimum Gasteiger partial charge on any atom is -0.325 e. The molecule has 146 valence electrons. The van der Waals surface area contributed by atoms with Crippen molar-refractivity contribution in [2.75, 3.05) is 12.4 Å². The van der Waals surface area contributed by atoms with Crippen LogP contribution >= 0.6 is 0 Å². The molecule has 1 atom stereocenters. The average molecular weight is 398 g/mol. The maximum absolute atomic E-state index is 12.6. The molecular weight excluding hydrogens is 374 g/mol. The third kappa shape index (κ3) is 4.75. The summed E-state index contributed by atoms with van der Waals surface area (Å²) >= 11 is 0. The Morgan fingerprint density at radius 3 is 2.46 bits per heavy atom. The fourth-order valence-corrected chi connectivity index (χ4v) is 3.52. The number of nitrogens with two attached hydrogens (primary N) is 1. The molecule has 0 saturated carbocycles. The predicted octanol–water partition coefficient (Wildman–Crippen LogP) is 2.95. The van der Waals surface area contributed by atoms with Gasteiger partial charge in [-0.1, -0.05) is 42.5 Å². The number of benzene rings is 3. The van der Waals surface area contributed by atoms with Crippen molar-refractivity contribution in [3.8, 4) is 0 Å². The molecule has 3 N–H and O–H groups in total. The van der Waals surface area contributed by atoms with Gasteiger partial charge >= 0.3 is 0 Å². The highest BCUT2D eigenvalue weighted by Crippen LogP contribution is 2.18. The van der Waals surface area contributed by atoms with Gasteiger partial charge < -0.3 is 5.32 Å². The van der Waals surface area contributed by atoms with Gasteiger partial charge in [0, 0.05) is 12.2 Å². The lowest BCUT2D eigenvalue weighted by Crippen LogP contribution is -2.39. The number of carbonyl (C=O) groups excluding carboxylic acids is 1. The van der Waals surface area contributed by atoms with E-state index in [9.17, 15) is 13.2 Å². The largest absolute Gasteiger partial charge is 0.325 e. The van der Waals surface area contributed by atoms with Gasteiger partial charge in [0.1, 0.15) is 0 Å². The molecule has 3 rings (SSSR count). The number of anilines is 1. The van der Waals surface area contributed by atoms with E-state index in [2.05, 4.69) is 35.6 Å². The van der Waals surface area contributed by atoms with E-state index in [-0.39, 0.29) is 10.8 Å². The van der Waals surface area contributed by atoms with Gasteiger partial charge in [0.15, 0.2) is 0 Å². The van der Waals surface area contributed by atoms with Gasteiger partial charge in [-0.25, -0.2) is 13.6 Å². The van der Waals surface area contributed by atoms with Gasteiger partial charge in [0.2, 0.25) is 15.9 Å². The molecule has 6 nitrogen and oxygen atoms in total. The number of amides is 1. The second kappa shape index (κ2) is 8.10. The first-order valence-corrected chi connectivity index (χ1v) is 10.4. The predicted molar refractivity (Wildman–Crippen MR) is 111 cm³/mol. The highest BCUT2D eigenvalue weighted by Gasteiger charge is 2.19. The Balaban J connectivity index is 1.68. The number of nitrogens with one attached hydrogen (secondary N) is 1. The van der Waals surface area contributed by atoms with Crippen LogP contribution in [0.25, 0.3) is 10.8 Å². The molecule has 0 aliphatic carbocycles. The first-order valence-electron chi connectivity index (χ1n) is 8.86. The Bertz CT molecular complexity index is 1110. The molecular formula is C21H23N3O3S. The van der Waals surface area contributed by atoms with Crippen molar-refractivity contribution in [3.63, 3.8) is 0 Å². The number of carbonyl (C=O) groups is 1. The molecule has 0 bridgehead atoms. The third-order valence-corrected chi connectivity index (χ3v) is 5.63. The van der Waals surface area contributed by atoms with E-state index in [1.807, 2.05) is 24.1 Å². The standard InChI is InChI=1S/C21H23N3O3S/c1-15(21(25)23-19-8-5-9-20(13-19)28(22,26)27)24(2)14-16-10-11-17-6-3-4-7-18(17)12-16/h3-13,15H,14H2,1-2H3,(H,23,25)(H2,22,26,27). The maximum Gasteiger partial charge on any atom is 0.241 e. The monoisotopic (exact) mass is 397 g/mol. The van der Waals surface area contributed by atoms with Crippen LogP contribution in [0.1, 0.15) is 12.5 Å². The van der Waals surface area contributed by atoms with Crippen molar-refractivity contribution < 1.29 is 13.2 Å². The highest BCUT2D eigenvalue weighted by atomic mass is 32.2. The average Bonchev–Trinajstić information content (AvgIpc) is 2.66. The fourth-order valence-electron chi connectivity index (χ4n) is 2.96. The molecule has 0 radical (unpaired) electrons. The summed E-state index contributed by atoms with van der Waals surface area (Å²) in [5, 5.41) is 10.2. The lowest BCUT2D eigenvalue weighted by Gasteiger charge is -2.24. The Labute approximate surface area is 165 Å². The van der Waals surface area contributed by atoms with E-state index in [1.165, 1.54) is 17.5 Å². The molecule has 0 aromatic heterocycles. The fraction of sp³-hybridized carbons (Fsp3) is 0.190. The number of nitrogens with zero attached hydrogens (tertiary/aromatic N) is 1. The summed E-state index contributed by atoms with van der Waals surface area (Å²) in [7, 11) is -1.94. The molecule has 1 amide bonds. The number of hydrogen-bond donors (Lipinski definition) is 2. The van der Waals surface area contributed by atoms with E-state index in [4.69, 9.17) is 5.14 Å². The number of sulfonamides is 1. The second-order valence-corrected chi connectivity index (χ2v) is 8.40. The van der Waals surface area contributed by atoms with E-state index < -0.39 is 16.1 Å². The van der Waals surface area contributed by atoms with Gasteiger partial charge in [0.25, 0.3) is 0 Å². The normalized spacial score (nSPS) is 12.9. The molecule has 0 fully saturated rings. The van der Waals surface area contributed by atoms with Crippen LogP contribution < -0.4 is 10.5 Å². The number of hydrogen-bond acceptors (Lipinski definition) is 4. The summed E-state index contributed by atoms with van der Waals surface area (Å²) < 4.78 is 22.9. The number of primary sulfonamides is 1. The number of fused-ring (bicyclic) bond motifs is 1. The minimum absolute atomic E-state index is 0.0394. The Kier molecular flexibility index (Phi) is 5.79. The molecule has 7 heteroatoms. The zero-order valence-electron chi connectivity index (χ0n) is 15.8. The zero-order valence-corrected chi connectivity index (χ0v) is 16.6. The summed E-state index contributed by atoms with van der Waals surface area (Å²) in [6.07, 6.45) is 0. The Hall–Kier alpha value is -2.74. The topological polar surface area (TPSA) is 92.5 Å². The van der Waals surface area contributed by atoms with E-state index >= 15 is 0 Å². The van der Waals surface area contributed by atoms with Crippen LogP contribution in [0, 0.1) is 0 Å². The van der Waals surface area contributed by atoms with Gasteiger partial charge in [-0.2, -0.15) is 0 Å². The molecule has 28 heavy (non-hydrogen) atoms. The molecule has 0 heterocycles. The van der Waals surface area contributed by atoms with Crippen LogP contribution in [-0.4, -0.2) is 32.3 Å². The van der Waals surface area contributed by atoms with Crippen LogP contribution in [0.2, 0.25) is 0 Å². The number of likely N-dealkylation sites (N-methyl/N-ethyl adjacent to an activating group) is 1. The first-order chi connectivity index (χ1) is 13.2. The Morgan fingerprint density at radius 1 is 1.04 bits per heavy atom. The van der Waals surface area contributed by atoms with Gasteiger partial charge in [-0.15, -0.1) is 0 Å². The second-order valence-electron chi connectivity index (χ2n) is 6.83. The van der Waals surface area contributed by atoms with Crippen LogP contribution in [0.5, 0.6) is 0 Å². The van der Waals surface area contributed by atoms with E-state index in [1.54, 1.807) is 19.1 Å². The SMILES string of the molecule is CC(C(=O)Nc1cccc(S(N)(=O)=O)c1)N(C)Cc1ccc2ccccc2c1. The van der Waals surface area contributed by atoms with E-state index in [0.29, 0.717) is 12.2 Å². The summed E-state index contributed by atoms with van der Waals surface area (Å²) in [4.78, 5) is 14.5. The summed E-state index contributed by atoms with van der Waals surface area (Å²) in [6, 6.07) is 19.9. The molecule has 0 aliphatic heterocycles. The van der Waals surface area contributed by atoms with Gasteiger partial charge in [0.05, 0.1) is 10.9 Å². The lowest BCUT2D eigenvalue weighted by molar-refractivity contribution is -0.120. The van der Waals surface area contributed by atoms with Crippen LogP contribution in [-0.2, 0) is 21.4 Å². The smallest absolute Gasteiger partial charge is 0.241 e. The zero-order chi connectivity index (χ0) is 20.3. The van der Waals surface area contributed by atoms with E-state index in [0.717, 1.165) is 10.9 Å². The molecule has 0 spiro atoms. The summed E-state index contributed by atoms with van der Waals surface area (Å²) in [5.74, 6) is -0.227. The first kappa shape index (κ1) is 20.0. The molecule has 0 aliphatic rings. The van der Waals surface area contributed by atoms with Crippen LogP contribution in [0.4, 0.5) is 5.69 Å². The third-order valence-electron chi connectivity index (χ3n) is 4.72. The van der Waals surface area contributed by atoms with Crippen molar-refractivity contribution in [2.24, 2.45) is 5.14 Å². The molecule has 0 saturated heterocycles. The molecule has 3 aromatic carbocycles. The van der Waals surface area contributed by atoms with Crippen molar-refractivity contribution in [1.29, 1.82) is 0 Å². The van der Waals surface area contributed by atoms with Crippen molar-refractivity contribution in [2.45, 2.75) is 24.4 Å². The van der Waals surface area contributed by atoms with Gasteiger partial charge in [-0.3, -0.25) is 9.69 Å². The number of rotatable bonds is 6. The molecule has 1 unspecified atom stereocenters. The molecule has 3 aromatic rings. The van der Waals surface area contributed by atoms with Crippen LogP contribution in [0.15, 0.2) is 71.6 Å². The Morgan fingerprint density at radius 2 is 1.75 bits per heavy atom. The summed E-state index contributed by atoms with van der Waals surface area (Å²) in [6.45, 7) is 2.41. The highest BCUT2D eigenvalue weighted by molar-refractivity contribution is 7.89. The quantitative estimate of drug-likeness (QED) is 0.669. The summed E-state index contributed by atoms with van der Waals surface area (Å²) in [5.41, 5.74) is 1.50. The van der Waals surface area contributed by atoms with Crippen LogP contribution in [0.3, 0.4) is 0 Å². The van der Waals surface area contributed by atoms with Crippen molar-refractivity contribution in [1.82, 2.24) is 4.90 Å². The lowest BCUT2D eigenvalue weighted by atomic mass is 10.1. The van der Waals surface area contributed by atoms with Gasteiger partial charge in [-0.05, 0) is 54.6 Å². The van der Waals surface area contributed by atoms with Crippen molar-refractivity contribution >= 4 is 32.4 Å². The maximum atomic E-state index is 12.6. The minimum atomic E-state index is -3.82.